The van der Waals surface area contributed by atoms with Crippen molar-refractivity contribution in [1.29, 1.82) is 0 Å². The highest BCUT2D eigenvalue weighted by atomic mass is 16.4. The summed E-state index contributed by atoms with van der Waals surface area (Å²) in [6.45, 7) is -0.814. The number of carbonyl (C=O) groups excluding carboxylic acids is 2. The number of hydrogen-bond donors (Lipinski definition) is 4. The highest BCUT2D eigenvalue weighted by molar-refractivity contribution is 5.90. The summed E-state index contributed by atoms with van der Waals surface area (Å²) in [6.07, 6.45) is 1.97. The first kappa shape index (κ1) is 16.5. The number of aliphatic carboxylic acids is 1. The smallest absolute Gasteiger partial charge is 0.322 e. The number of para-hydroxylation sites is 1. The molecule has 8 nitrogen and oxygen atoms in total. The van der Waals surface area contributed by atoms with E-state index in [-0.39, 0.29) is 6.54 Å². The number of carboxylic acid groups (broad SMARTS) is 1. The first-order valence-corrected chi connectivity index (χ1v) is 6.98. The second-order valence-electron chi connectivity index (χ2n) is 5.00. The molecule has 1 heterocycles. The van der Waals surface area contributed by atoms with Gasteiger partial charge in [0.2, 0.25) is 11.8 Å². The van der Waals surface area contributed by atoms with Gasteiger partial charge >= 0.3 is 5.97 Å². The Bertz CT molecular complexity index is 657. The molecule has 0 saturated heterocycles. The molecule has 23 heavy (non-hydrogen) atoms. The lowest BCUT2D eigenvalue weighted by Gasteiger charge is -2.13. The average molecular weight is 317 g/mol. The van der Waals surface area contributed by atoms with Gasteiger partial charge in [-0.15, -0.1) is 0 Å². The zero-order valence-electron chi connectivity index (χ0n) is 12.3. The van der Waals surface area contributed by atoms with E-state index in [2.05, 4.69) is 16.0 Å². The lowest BCUT2D eigenvalue weighted by atomic mass is 10.00. The van der Waals surface area contributed by atoms with E-state index >= 15 is 0 Å². The molecule has 0 fully saturated rings. The van der Waals surface area contributed by atoms with Crippen LogP contribution in [0.25, 0.3) is 5.57 Å². The number of carbonyl (C=O) groups is 3. The fourth-order valence-electron chi connectivity index (χ4n) is 2.10. The Morgan fingerprint density at radius 2 is 1.91 bits per heavy atom. The third-order valence-electron chi connectivity index (χ3n) is 3.25. The maximum Gasteiger partial charge on any atom is 0.322 e. The molecule has 1 aliphatic heterocycles. The summed E-state index contributed by atoms with van der Waals surface area (Å²) >= 11 is 0. The minimum Gasteiger partial charge on any atom is -0.480 e. The Hall–Kier alpha value is -2.87. The lowest BCUT2D eigenvalue weighted by Crippen LogP contribution is -2.45. The lowest BCUT2D eigenvalue weighted by molar-refractivity contribution is -0.137. The van der Waals surface area contributed by atoms with Crippen LogP contribution in [-0.4, -0.2) is 42.0 Å². The van der Waals surface area contributed by atoms with E-state index in [1.165, 1.54) is 0 Å². The predicted molar refractivity (Wildman–Crippen MR) is 82.5 cm³/mol. The van der Waals surface area contributed by atoms with Gasteiger partial charge < -0.3 is 21.5 Å². The van der Waals surface area contributed by atoms with Gasteiger partial charge in [0, 0.05) is 11.8 Å². The van der Waals surface area contributed by atoms with E-state index in [0.717, 1.165) is 16.8 Å². The quantitative estimate of drug-likeness (QED) is 0.528. The van der Waals surface area contributed by atoms with Crippen LogP contribution < -0.4 is 21.7 Å². The van der Waals surface area contributed by atoms with Crippen LogP contribution in [0.4, 0.5) is 5.69 Å². The monoisotopic (exact) mass is 317 g/mol. The van der Waals surface area contributed by atoms with Crippen molar-refractivity contribution in [1.82, 2.24) is 16.0 Å². The summed E-state index contributed by atoms with van der Waals surface area (Å²) < 4.78 is 0. The van der Waals surface area contributed by atoms with Crippen molar-refractivity contribution in [3.63, 3.8) is 0 Å². The molecular weight excluding hydrogens is 300 g/mol. The van der Waals surface area contributed by atoms with Crippen LogP contribution in [0.3, 0.4) is 0 Å². The Morgan fingerprint density at radius 3 is 2.65 bits per heavy atom. The molecule has 2 rings (SSSR count). The van der Waals surface area contributed by atoms with E-state index in [1.54, 1.807) is 6.20 Å². The summed E-state index contributed by atoms with van der Waals surface area (Å²) in [5, 5.41) is 17.2. The van der Waals surface area contributed by atoms with Crippen molar-refractivity contribution in [2.75, 3.05) is 13.1 Å². The molecular formula is C15H17N4O4. The third kappa shape index (κ3) is 4.55. The number of hydrogen-bond acceptors (Lipinski definition) is 4. The van der Waals surface area contributed by atoms with Gasteiger partial charge in [0.1, 0.15) is 6.54 Å². The standard InChI is InChI=1S/C15H17N4O4/c16-11(15(23)19-7-13(20)18-8-14(21)22)5-9-6-17-12-4-2-1-3-10(9)12/h1-4,6,11H,5,7-8,16H2,(H,18,20)(H,19,23)(H,21,22)/t11-/m0/s1. The normalized spacial score (nSPS) is 13.3. The van der Waals surface area contributed by atoms with E-state index in [4.69, 9.17) is 10.8 Å². The molecule has 1 atom stereocenters. The first-order chi connectivity index (χ1) is 11.0. The van der Waals surface area contributed by atoms with E-state index in [0.29, 0.717) is 6.42 Å². The predicted octanol–water partition coefficient (Wildman–Crippen LogP) is -0.689. The molecule has 1 aromatic rings. The van der Waals surface area contributed by atoms with Gasteiger partial charge in [0.05, 0.1) is 18.3 Å². The minimum atomic E-state index is -1.16. The molecule has 1 aliphatic rings. The van der Waals surface area contributed by atoms with Crippen LogP contribution in [-0.2, 0) is 14.4 Å². The maximum atomic E-state index is 11.9. The molecule has 0 aliphatic carbocycles. The summed E-state index contributed by atoms with van der Waals surface area (Å²) in [5.41, 5.74) is 8.48. The molecule has 121 valence electrons. The molecule has 1 radical (unpaired) electrons. The van der Waals surface area contributed by atoms with Crippen molar-refractivity contribution >= 4 is 29.0 Å². The topological polar surface area (TPSA) is 136 Å². The van der Waals surface area contributed by atoms with Gasteiger partial charge in [-0.1, -0.05) is 18.2 Å². The molecule has 0 saturated carbocycles. The van der Waals surface area contributed by atoms with E-state index in [1.807, 2.05) is 24.3 Å². The molecule has 0 unspecified atom stereocenters. The van der Waals surface area contributed by atoms with E-state index in [9.17, 15) is 14.4 Å². The highest BCUT2D eigenvalue weighted by Gasteiger charge is 2.21. The average Bonchev–Trinajstić information content (AvgIpc) is 2.93. The molecule has 5 N–H and O–H groups in total. The van der Waals surface area contributed by atoms with Crippen molar-refractivity contribution in [3.8, 4) is 0 Å². The molecule has 0 spiro atoms. The van der Waals surface area contributed by atoms with Crippen LogP contribution in [0.2, 0.25) is 0 Å². The second-order valence-corrected chi connectivity index (χ2v) is 5.00. The molecule has 1 aromatic carbocycles. The van der Waals surface area contributed by atoms with Gasteiger partial charge in [-0.2, -0.15) is 0 Å². The molecule has 2 amide bonds. The van der Waals surface area contributed by atoms with Crippen LogP contribution >= 0.6 is 0 Å². The van der Waals surface area contributed by atoms with Gasteiger partial charge in [-0.25, -0.2) is 0 Å². The number of amides is 2. The summed E-state index contributed by atoms with van der Waals surface area (Å²) in [6, 6.07) is 6.71. The van der Waals surface area contributed by atoms with Crippen molar-refractivity contribution < 1.29 is 19.5 Å². The van der Waals surface area contributed by atoms with Crippen LogP contribution in [0.1, 0.15) is 12.0 Å². The van der Waals surface area contributed by atoms with Gasteiger partial charge in [-0.3, -0.25) is 19.7 Å². The van der Waals surface area contributed by atoms with Crippen molar-refractivity contribution in [2.24, 2.45) is 5.73 Å². The summed E-state index contributed by atoms with van der Waals surface area (Å²) in [4.78, 5) is 33.5. The Labute approximate surface area is 132 Å². The Kier molecular flexibility index (Phi) is 5.32. The number of rotatable bonds is 7. The zero-order chi connectivity index (χ0) is 16.8. The Morgan fingerprint density at radius 1 is 1.17 bits per heavy atom. The van der Waals surface area contributed by atoms with Crippen LogP contribution in [0, 0.1) is 0 Å². The largest absolute Gasteiger partial charge is 0.480 e. The Balaban J connectivity index is 1.80. The summed E-state index contributed by atoms with van der Waals surface area (Å²) in [7, 11) is 0. The van der Waals surface area contributed by atoms with Gasteiger partial charge in [-0.05, 0) is 18.1 Å². The van der Waals surface area contributed by atoms with Gasteiger partial charge in [0.15, 0.2) is 0 Å². The van der Waals surface area contributed by atoms with E-state index < -0.39 is 30.4 Å². The number of nitrogens with one attached hydrogen (secondary N) is 2. The number of carboxylic acids is 1. The highest BCUT2D eigenvalue weighted by Crippen LogP contribution is 2.32. The van der Waals surface area contributed by atoms with Crippen molar-refractivity contribution in [2.45, 2.75) is 12.5 Å². The van der Waals surface area contributed by atoms with Crippen LogP contribution in [0.15, 0.2) is 30.5 Å². The zero-order valence-corrected chi connectivity index (χ0v) is 12.3. The third-order valence-corrected chi connectivity index (χ3v) is 3.25. The fraction of sp³-hybridized carbons (Fsp3) is 0.267. The first-order valence-electron chi connectivity index (χ1n) is 6.98. The molecule has 0 aromatic heterocycles. The SMILES string of the molecule is N[C@@H](CC1=C[N]c2ccccc21)C(=O)NCC(=O)NCC(=O)O. The number of nitrogens with two attached hydrogens (primary N) is 1. The number of nitrogens with zero attached hydrogens (tertiary/aromatic N) is 1. The molecule has 8 heteroatoms. The summed E-state index contributed by atoms with van der Waals surface area (Å²) in [5.74, 6) is -2.23. The fourth-order valence-corrected chi connectivity index (χ4v) is 2.10. The number of benzene rings is 1. The second kappa shape index (κ2) is 7.41. The van der Waals surface area contributed by atoms with Crippen LogP contribution in [0.5, 0.6) is 0 Å². The number of fused-ring (bicyclic) bond motifs is 1. The molecule has 0 bridgehead atoms. The maximum absolute atomic E-state index is 11.9. The van der Waals surface area contributed by atoms with Gasteiger partial charge in [0.25, 0.3) is 0 Å². The minimum absolute atomic E-state index is 0.295. The van der Waals surface area contributed by atoms with Crippen molar-refractivity contribution in [3.05, 3.63) is 36.0 Å².